The number of hydrogen-bond acceptors (Lipinski definition) is 2. The molecule has 0 fully saturated rings. The maximum absolute atomic E-state index is 11.6. The molecule has 0 rings (SSSR count). The zero-order chi connectivity index (χ0) is 11.0. The van der Waals surface area contributed by atoms with E-state index in [9.17, 15) is 13.6 Å². The van der Waals surface area contributed by atoms with Gasteiger partial charge in [0, 0.05) is 6.54 Å². The minimum atomic E-state index is -2.45. The van der Waals surface area contributed by atoms with Crippen LogP contribution in [0.5, 0.6) is 0 Å². The fourth-order valence-electron chi connectivity index (χ4n) is 0.715. The molecule has 1 unspecified atom stereocenters. The number of alkyl halides is 3. The van der Waals surface area contributed by atoms with Crippen LogP contribution in [0.25, 0.3) is 0 Å². The number of rotatable bonds is 7. The highest BCUT2D eigenvalue weighted by molar-refractivity contribution is 9.10. The van der Waals surface area contributed by atoms with Gasteiger partial charge in [-0.3, -0.25) is 4.79 Å². The molecule has 1 N–H and O–H groups in total. The Kier molecular flexibility index (Phi) is 7.98. The predicted molar refractivity (Wildman–Crippen MR) is 52.8 cm³/mol. The summed E-state index contributed by atoms with van der Waals surface area (Å²) in [5.74, 6) is -0.145. The smallest absolute Gasteiger partial charge is 0.261 e. The van der Waals surface area contributed by atoms with Gasteiger partial charge in [-0.2, -0.15) is 0 Å². The first-order chi connectivity index (χ1) is 6.57. The van der Waals surface area contributed by atoms with Crippen molar-refractivity contribution in [1.29, 1.82) is 0 Å². The summed E-state index contributed by atoms with van der Waals surface area (Å²) in [5, 5.41) is 2.55. The van der Waals surface area contributed by atoms with Crippen molar-refractivity contribution < 1.29 is 18.3 Å². The van der Waals surface area contributed by atoms with E-state index < -0.39 is 13.0 Å². The molecule has 0 bridgehead atoms. The first-order valence-corrected chi connectivity index (χ1v) is 5.27. The molecule has 0 aromatic carbocycles. The van der Waals surface area contributed by atoms with Crippen LogP contribution in [0.4, 0.5) is 8.78 Å². The Morgan fingerprint density at radius 1 is 1.57 bits per heavy atom. The number of amides is 1. The Morgan fingerprint density at radius 2 is 2.21 bits per heavy atom. The van der Waals surface area contributed by atoms with Crippen molar-refractivity contribution in [1.82, 2.24) is 5.32 Å². The molecule has 0 aliphatic carbocycles. The summed E-state index contributed by atoms with van der Waals surface area (Å²) in [7, 11) is 0. The first kappa shape index (κ1) is 13.8. The van der Waals surface area contributed by atoms with E-state index in [-0.39, 0.29) is 23.9 Å². The van der Waals surface area contributed by atoms with E-state index in [1.54, 1.807) is 0 Å². The molecule has 0 saturated heterocycles. The number of halogens is 3. The largest absolute Gasteiger partial charge is 0.374 e. The van der Waals surface area contributed by atoms with Crippen LogP contribution in [-0.4, -0.2) is 36.9 Å². The molecule has 1 amide bonds. The van der Waals surface area contributed by atoms with Crippen molar-refractivity contribution in [2.75, 3.05) is 19.8 Å². The molecular weight excluding hydrogens is 260 g/mol. The van der Waals surface area contributed by atoms with E-state index in [1.807, 2.05) is 6.92 Å². The summed E-state index contributed by atoms with van der Waals surface area (Å²) in [4.78, 5) is 10.9. The predicted octanol–water partition coefficient (Wildman–Crippen LogP) is 1.56. The van der Waals surface area contributed by atoms with E-state index >= 15 is 0 Å². The molecule has 0 aromatic heterocycles. The average molecular weight is 274 g/mol. The van der Waals surface area contributed by atoms with Gasteiger partial charge in [-0.1, -0.05) is 22.9 Å². The highest BCUT2D eigenvalue weighted by atomic mass is 79.9. The first-order valence-electron chi connectivity index (χ1n) is 4.35. The SMILES string of the molecule is CCC(Br)C(=O)NCCOCC(F)F. The fraction of sp³-hybridized carbons (Fsp3) is 0.875. The second-order valence-corrected chi connectivity index (χ2v) is 3.74. The van der Waals surface area contributed by atoms with Crippen LogP contribution in [-0.2, 0) is 9.53 Å². The Balaban J connectivity index is 3.32. The highest BCUT2D eigenvalue weighted by Gasteiger charge is 2.10. The summed E-state index contributed by atoms with van der Waals surface area (Å²) < 4.78 is 27.7. The lowest BCUT2D eigenvalue weighted by atomic mass is 10.3. The van der Waals surface area contributed by atoms with Crippen molar-refractivity contribution in [2.45, 2.75) is 24.6 Å². The molecule has 0 aliphatic heterocycles. The summed E-state index contributed by atoms with van der Waals surface area (Å²) in [6.45, 7) is 1.65. The summed E-state index contributed by atoms with van der Waals surface area (Å²) in [5.41, 5.74) is 0. The molecule has 14 heavy (non-hydrogen) atoms. The fourth-order valence-corrected chi connectivity index (χ4v) is 0.877. The van der Waals surface area contributed by atoms with Crippen LogP contribution in [0.15, 0.2) is 0 Å². The normalized spacial score (nSPS) is 12.9. The zero-order valence-electron chi connectivity index (χ0n) is 7.93. The van der Waals surface area contributed by atoms with Gasteiger partial charge in [0.25, 0.3) is 6.43 Å². The van der Waals surface area contributed by atoms with E-state index in [2.05, 4.69) is 26.0 Å². The molecule has 6 heteroatoms. The van der Waals surface area contributed by atoms with E-state index in [0.29, 0.717) is 6.42 Å². The molecule has 84 valence electrons. The van der Waals surface area contributed by atoms with Crippen molar-refractivity contribution in [3.8, 4) is 0 Å². The van der Waals surface area contributed by atoms with Crippen LogP contribution >= 0.6 is 15.9 Å². The number of ether oxygens (including phenoxy) is 1. The van der Waals surface area contributed by atoms with E-state index in [1.165, 1.54) is 0 Å². The van der Waals surface area contributed by atoms with Gasteiger partial charge in [-0.25, -0.2) is 8.78 Å². The van der Waals surface area contributed by atoms with Gasteiger partial charge in [0.1, 0.15) is 6.61 Å². The summed E-state index contributed by atoms with van der Waals surface area (Å²) >= 11 is 3.16. The molecule has 3 nitrogen and oxygen atoms in total. The van der Waals surface area contributed by atoms with E-state index in [0.717, 1.165) is 0 Å². The number of carbonyl (C=O) groups excluding carboxylic acids is 1. The zero-order valence-corrected chi connectivity index (χ0v) is 9.52. The lowest BCUT2D eigenvalue weighted by Crippen LogP contribution is -2.33. The van der Waals surface area contributed by atoms with Gasteiger partial charge < -0.3 is 10.1 Å². The van der Waals surface area contributed by atoms with Gasteiger partial charge in [0.05, 0.1) is 11.4 Å². The quantitative estimate of drug-likeness (QED) is 0.565. The van der Waals surface area contributed by atoms with Gasteiger partial charge >= 0.3 is 0 Å². The number of hydrogen-bond donors (Lipinski definition) is 1. The maximum atomic E-state index is 11.6. The monoisotopic (exact) mass is 273 g/mol. The van der Waals surface area contributed by atoms with Crippen LogP contribution < -0.4 is 5.32 Å². The Labute approximate surface area is 90.3 Å². The molecule has 0 aliphatic rings. The Morgan fingerprint density at radius 3 is 2.71 bits per heavy atom. The third-order valence-electron chi connectivity index (χ3n) is 1.43. The van der Waals surface area contributed by atoms with Crippen molar-refractivity contribution >= 4 is 21.8 Å². The van der Waals surface area contributed by atoms with E-state index in [4.69, 9.17) is 0 Å². The number of nitrogens with one attached hydrogen (secondary N) is 1. The molecule has 0 radical (unpaired) electrons. The van der Waals surface area contributed by atoms with Gasteiger partial charge in [0.15, 0.2) is 0 Å². The second-order valence-electron chi connectivity index (χ2n) is 2.63. The molecule has 0 heterocycles. The second kappa shape index (κ2) is 8.11. The van der Waals surface area contributed by atoms with Gasteiger partial charge in [-0.05, 0) is 6.42 Å². The third-order valence-corrected chi connectivity index (χ3v) is 2.50. The molecule has 0 aromatic rings. The topological polar surface area (TPSA) is 38.3 Å². The lowest BCUT2D eigenvalue weighted by Gasteiger charge is -2.08. The summed E-state index contributed by atoms with van der Waals surface area (Å²) in [6, 6.07) is 0. The van der Waals surface area contributed by atoms with Crippen molar-refractivity contribution in [3.63, 3.8) is 0 Å². The standard InChI is InChI=1S/C8H14BrF2NO2/c1-2-6(9)8(13)12-3-4-14-5-7(10)11/h6-7H,2-5H2,1H3,(H,12,13). The van der Waals surface area contributed by atoms with Crippen LogP contribution in [0, 0.1) is 0 Å². The summed E-state index contributed by atoms with van der Waals surface area (Å²) in [6.07, 6.45) is -1.77. The maximum Gasteiger partial charge on any atom is 0.261 e. The number of carbonyl (C=O) groups is 1. The van der Waals surface area contributed by atoms with Crippen LogP contribution in [0.3, 0.4) is 0 Å². The Bertz CT molecular complexity index is 169. The van der Waals surface area contributed by atoms with Gasteiger partial charge in [-0.15, -0.1) is 0 Å². The average Bonchev–Trinajstić information content (AvgIpc) is 2.15. The lowest BCUT2D eigenvalue weighted by molar-refractivity contribution is -0.120. The van der Waals surface area contributed by atoms with Crippen LogP contribution in [0.2, 0.25) is 0 Å². The molecular formula is C8H14BrF2NO2. The van der Waals surface area contributed by atoms with Crippen molar-refractivity contribution in [3.05, 3.63) is 0 Å². The highest BCUT2D eigenvalue weighted by Crippen LogP contribution is 2.03. The molecule has 0 saturated carbocycles. The molecule has 1 atom stereocenters. The van der Waals surface area contributed by atoms with Crippen molar-refractivity contribution in [2.24, 2.45) is 0 Å². The van der Waals surface area contributed by atoms with Gasteiger partial charge in [0.2, 0.25) is 5.91 Å². The molecule has 0 spiro atoms. The Hall–Kier alpha value is -0.230. The minimum Gasteiger partial charge on any atom is -0.374 e. The third kappa shape index (κ3) is 7.20. The minimum absolute atomic E-state index is 0.111. The van der Waals surface area contributed by atoms with Crippen LogP contribution in [0.1, 0.15) is 13.3 Å².